The van der Waals surface area contributed by atoms with E-state index in [4.69, 9.17) is 4.52 Å². The number of nitrogens with zero attached hydrogens (tertiary/aromatic N) is 3. The number of hydrogen-bond donors (Lipinski definition) is 0. The molecule has 136 valence electrons. The van der Waals surface area contributed by atoms with Gasteiger partial charge in [0.15, 0.2) is 0 Å². The van der Waals surface area contributed by atoms with Crippen LogP contribution in [0.4, 0.5) is 0 Å². The van der Waals surface area contributed by atoms with Gasteiger partial charge in [-0.3, -0.25) is 9.59 Å². The van der Waals surface area contributed by atoms with E-state index in [1.807, 2.05) is 35.2 Å². The van der Waals surface area contributed by atoms with Crippen molar-refractivity contribution >= 4 is 11.8 Å². The number of piperidine rings is 2. The summed E-state index contributed by atoms with van der Waals surface area (Å²) in [5.74, 6) is 0.874. The Labute approximate surface area is 152 Å². The summed E-state index contributed by atoms with van der Waals surface area (Å²) < 4.78 is 5.15. The van der Waals surface area contributed by atoms with E-state index in [9.17, 15) is 9.59 Å². The third-order valence-corrected chi connectivity index (χ3v) is 5.51. The lowest BCUT2D eigenvalue weighted by atomic mass is 9.85. The monoisotopic (exact) mass is 353 g/mol. The number of likely N-dealkylation sites (tertiary alicyclic amines) is 2. The fourth-order valence-electron chi connectivity index (χ4n) is 4.17. The maximum Gasteiger partial charge on any atom is 0.260 e. The molecular formula is C20H23N3O3. The van der Waals surface area contributed by atoms with Crippen LogP contribution < -0.4 is 0 Å². The zero-order valence-corrected chi connectivity index (χ0v) is 15.1. The molecule has 6 heteroatoms. The highest BCUT2D eigenvalue weighted by Gasteiger charge is 2.44. The summed E-state index contributed by atoms with van der Waals surface area (Å²) in [6, 6.07) is 9.62. The van der Waals surface area contributed by atoms with E-state index in [0.717, 1.165) is 24.9 Å². The van der Waals surface area contributed by atoms with E-state index in [0.29, 0.717) is 36.0 Å². The topological polar surface area (TPSA) is 66.7 Å². The number of aryl methyl sites for hydroxylation is 2. The van der Waals surface area contributed by atoms with E-state index in [-0.39, 0.29) is 17.9 Å². The van der Waals surface area contributed by atoms with Crippen molar-refractivity contribution in [2.24, 2.45) is 5.92 Å². The molecule has 1 aromatic heterocycles. The van der Waals surface area contributed by atoms with E-state index >= 15 is 0 Å². The Balaban J connectivity index is 1.57. The van der Waals surface area contributed by atoms with Crippen molar-refractivity contribution in [2.45, 2.75) is 39.3 Å². The van der Waals surface area contributed by atoms with Crippen LogP contribution in [0.25, 0.3) is 0 Å². The quantitative estimate of drug-likeness (QED) is 0.850. The smallest absolute Gasteiger partial charge is 0.260 e. The molecule has 0 spiro atoms. The van der Waals surface area contributed by atoms with E-state index in [1.165, 1.54) is 0 Å². The molecule has 2 fully saturated rings. The number of rotatable bonds is 3. The number of carbonyl (C=O) groups excluding carboxylic acids is 2. The Kier molecular flexibility index (Phi) is 4.26. The minimum atomic E-state index is -0.382. The summed E-state index contributed by atoms with van der Waals surface area (Å²) in [5.41, 5.74) is 2.19. The predicted octanol–water partition coefficient (Wildman–Crippen LogP) is 2.55. The van der Waals surface area contributed by atoms with E-state index < -0.39 is 0 Å². The first-order valence-corrected chi connectivity index (χ1v) is 9.11. The maximum atomic E-state index is 13.1. The Morgan fingerprint density at radius 2 is 2.04 bits per heavy atom. The zero-order valence-electron chi connectivity index (χ0n) is 15.1. The molecule has 4 rings (SSSR count). The fourth-order valence-corrected chi connectivity index (χ4v) is 4.17. The Bertz CT molecular complexity index is 811. The van der Waals surface area contributed by atoms with Gasteiger partial charge in [-0.05, 0) is 38.2 Å². The third-order valence-electron chi connectivity index (χ3n) is 5.51. The molecule has 0 saturated carbocycles. The Morgan fingerprint density at radius 1 is 1.27 bits per heavy atom. The van der Waals surface area contributed by atoms with Crippen LogP contribution in [0.2, 0.25) is 0 Å². The highest BCUT2D eigenvalue weighted by molar-refractivity contribution is 5.99. The second kappa shape index (κ2) is 6.59. The molecule has 6 nitrogen and oxygen atoms in total. The molecule has 2 aliphatic heterocycles. The van der Waals surface area contributed by atoms with Gasteiger partial charge >= 0.3 is 0 Å². The normalized spacial score (nSPS) is 22.6. The number of carbonyl (C=O) groups is 2. The number of amides is 2. The first-order valence-electron chi connectivity index (χ1n) is 9.11. The second-order valence-electron chi connectivity index (χ2n) is 7.31. The molecule has 2 amide bonds. The molecule has 0 aliphatic carbocycles. The zero-order chi connectivity index (χ0) is 18.3. The van der Waals surface area contributed by atoms with Gasteiger partial charge in [0, 0.05) is 19.6 Å². The molecule has 0 unspecified atom stereocenters. The fraction of sp³-hybridized carbons (Fsp3) is 0.450. The lowest BCUT2D eigenvalue weighted by Gasteiger charge is -2.46. The molecule has 1 aromatic carbocycles. The van der Waals surface area contributed by atoms with Crippen molar-refractivity contribution in [1.29, 1.82) is 0 Å². The molecule has 2 saturated heterocycles. The minimum Gasteiger partial charge on any atom is -0.361 e. The lowest BCUT2D eigenvalue weighted by molar-refractivity contribution is -0.144. The molecule has 0 N–H and O–H groups in total. The van der Waals surface area contributed by atoms with Gasteiger partial charge < -0.3 is 14.3 Å². The van der Waals surface area contributed by atoms with Crippen molar-refractivity contribution < 1.29 is 14.1 Å². The van der Waals surface area contributed by atoms with Crippen molar-refractivity contribution in [1.82, 2.24) is 15.0 Å². The first-order chi connectivity index (χ1) is 12.5. The van der Waals surface area contributed by atoms with Gasteiger partial charge in [0.2, 0.25) is 5.91 Å². The van der Waals surface area contributed by atoms with Crippen LogP contribution in [-0.4, -0.2) is 45.9 Å². The molecule has 2 aliphatic rings. The second-order valence-corrected chi connectivity index (χ2v) is 7.31. The highest BCUT2D eigenvalue weighted by atomic mass is 16.5. The standard InChI is InChI=1S/C20H23N3O3/c1-13-18(14(2)26-21-13)20(25)23-9-8-16-10-17(23)19(24)22(12-16)11-15-6-4-3-5-7-15/h3-7,16-17H,8-12H2,1-2H3/t16-,17+/m0/s1. The summed E-state index contributed by atoms with van der Waals surface area (Å²) in [4.78, 5) is 29.8. The van der Waals surface area contributed by atoms with Gasteiger partial charge in [-0.1, -0.05) is 35.5 Å². The highest BCUT2D eigenvalue weighted by Crippen LogP contribution is 2.32. The van der Waals surface area contributed by atoms with E-state index in [2.05, 4.69) is 5.16 Å². The molecule has 3 heterocycles. The summed E-state index contributed by atoms with van der Waals surface area (Å²) in [6.45, 7) is 5.49. The van der Waals surface area contributed by atoms with Crippen LogP contribution in [0.1, 0.15) is 40.2 Å². The van der Waals surface area contributed by atoms with Crippen molar-refractivity contribution in [3.05, 3.63) is 52.9 Å². The largest absolute Gasteiger partial charge is 0.361 e. The summed E-state index contributed by atoms with van der Waals surface area (Å²) in [5, 5.41) is 3.88. The van der Waals surface area contributed by atoms with Crippen LogP contribution in [0, 0.1) is 19.8 Å². The van der Waals surface area contributed by atoms with Gasteiger partial charge in [0.1, 0.15) is 17.4 Å². The molecule has 26 heavy (non-hydrogen) atoms. The maximum absolute atomic E-state index is 13.1. The van der Waals surface area contributed by atoms with Gasteiger partial charge in [-0.2, -0.15) is 0 Å². The van der Waals surface area contributed by atoms with Crippen LogP contribution >= 0.6 is 0 Å². The molecule has 2 bridgehead atoms. The summed E-state index contributed by atoms with van der Waals surface area (Å²) in [6.07, 6.45) is 1.67. The number of aromatic nitrogens is 1. The Hall–Kier alpha value is -2.63. The van der Waals surface area contributed by atoms with Gasteiger partial charge in [0.25, 0.3) is 5.91 Å². The predicted molar refractivity (Wildman–Crippen MR) is 95.4 cm³/mol. The molecule has 2 atom stereocenters. The van der Waals surface area contributed by atoms with Crippen molar-refractivity contribution in [3.8, 4) is 0 Å². The average Bonchev–Trinajstić information content (AvgIpc) is 2.98. The van der Waals surface area contributed by atoms with Gasteiger partial charge in [0.05, 0.1) is 5.69 Å². The number of benzene rings is 1. The molecular weight excluding hydrogens is 330 g/mol. The van der Waals surface area contributed by atoms with Crippen LogP contribution in [0.3, 0.4) is 0 Å². The van der Waals surface area contributed by atoms with Crippen LogP contribution in [-0.2, 0) is 11.3 Å². The van der Waals surface area contributed by atoms with Crippen molar-refractivity contribution in [2.75, 3.05) is 13.1 Å². The number of fused-ring (bicyclic) bond motifs is 2. The van der Waals surface area contributed by atoms with Gasteiger partial charge in [-0.25, -0.2) is 0 Å². The van der Waals surface area contributed by atoms with Crippen molar-refractivity contribution in [3.63, 3.8) is 0 Å². The average molecular weight is 353 g/mol. The minimum absolute atomic E-state index is 0.0462. The molecule has 2 aromatic rings. The lowest BCUT2D eigenvalue weighted by Crippen LogP contribution is -2.60. The molecule has 0 radical (unpaired) electrons. The first kappa shape index (κ1) is 16.8. The third kappa shape index (κ3) is 2.89. The number of hydrogen-bond acceptors (Lipinski definition) is 4. The summed E-state index contributed by atoms with van der Waals surface area (Å²) >= 11 is 0. The van der Waals surface area contributed by atoms with Gasteiger partial charge in [-0.15, -0.1) is 0 Å². The van der Waals surface area contributed by atoms with Crippen LogP contribution in [0.15, 0.2) is 34.9 Å². The van der Waals surface area contributed by atoms with E-state index in [1.54, 1.807) is 18.7 Å². The van der Waals surface area contributed by atoms with Crippen LogP contribution in [0.5, 0.6) is 0 Å². The summed E-state index contributed by atoms with van der Waals surface area (Å²) in [7, 11) is 0. The Morgan fingerprint density at radius 3 is 2.73 bits per heavy atom. The SMILES string of the molecule is Cc1noc(C)c1C(=O)N1CC[C@H]2C[C@@H]1C(=O)N(Cc1ccccc1)C2.